The second kappa shape index (κ2) is 13.1. The molecule has 7 nitrogen and oxygen atoms in total. The van der Waals surface area contributed by atoms with Gasteiger partial charge in [-0.1, -0.05) is 12.5 Å². The average molecular weight is 571 g/mol. The minimum absolute atomic E-state index is 0. The molecule has 33 heavy (non-hydrogen) atoms. The van der Waals surface area contributed by atoms with Crippen LogP contribution in [-0.2, 0) is 11.3 Å². The smallest absolute Gasteiger partial charge is 0.191 e. The third-order valence-corrected chi connectivity index (χ3v) is 6.21. The van der Waals surface area contributed by atoms with Gasteiger partial charge in [0.15, 0.2) is 5.96 Å². The van der Waals surface area contributed by atoms with Crippen molar-refractivity contribution in [2.24, 2.45) is 4.99 Å². The molecule has 2 fully saturated rings. The molecule has 0 aliphatic carbocycles. The first kappa shape index (κ1) is 25.8. The number of furan rings is 1. The molecule has 2 aliphatic rings. The predicted molar refractivity (Wildman–Crippen MR) is 140 cm³/mol. The van der Waals surface area contributed by atoms with Crippen LogP contribution < -0.4 is 15.5 Å². The molecule has 9 heteroatoms. The lowest BCUT2D eigenvalue weighted by Gasteiger charge is -2.33. The molecule has 2 aliphatic heterocycles. The van der Waals surface area contributed by atoms with E-state index < -0.39 is 0 Å². The molecule has 1 atom stereocenters. The van der Waals surface area contributed by atoms with Crippen molar-refractivity contribution in [1.82, 2.24) is 15.5 Å². The van der Waals surface area contributed by atoms with Crippen LogP contribution in [0.4, 0.5) is 10.1 Å². The van der Waals surface area contributed by atoms with Crippen molar-refractivity contribution in [1.29, 1.82) is 0 Å². The molecular formula is C24H35FIN5O2. The first-order chi connectivity index (χ1) is 15.7. The molecule has 3 heterocycles. The number of anilines is 1. The van der Waals surface area contributed by atoms with Gasteiger partial charge in [-0.15, -0.1) is 24.0 Å². The van der Waals surface area contributed by atoms with Crippen LogP contribution in [0.25, 0.3) is 0 Å². The van der Waals surface area contributed by atoms with Crippen molar-refractivity contribution < 1.29 is 13.5 Å². The van der Waals surface area contributed by atoms with Gasteiger partial charge >= 0.3 is 0 Å². The number of rotatable bonds is 7. The van der Waals surface area contributed by atoms with Crippen molar-refractivity contribution in [3.8, 4) is 0 Å². The highest BCUT2D eigenvalue weighted by Gasteiger charge is 2.24. The fraction of sp³-hybridized carbons (Fsp3) is 0.542. The molecule has 4 rings (SSSR count). The standard InChI is InChI=1S/C24H34FN5O2.HI/c1-26-24(28-18-22(23-6-5-13-32-23)29-9-3-2-4-10-29)27-17-19-7-8-21(20(25)16-19)30-11-14-31-15-12-30;/h5-8,13,16,22H,2-4,9-12,14-15,17-18H2,1H3,(H2,26,27,28);1H. The van der Waals surface area contributed by atoms with Gasteiger partial charge in [0.1, 0.15) is 11.6 Å². The maximum Gasteiger partial charge on any atom is 0.191 e. The molecule has 0 spiro atoms. The van der Waals surface area contributed by atoms with Crippen molar-refractivity contribution in [3.63, 3.8) is 0 Å². The Labute approximate surface area is 212 Å². The first-order valence-electron chi connectivity index (χ1n) is 11.6. The zero-order valence-electron chi connectivity index (χ0n) is 19.3. The number of piperidine rings is 1. The molecule has 0 saturated carbocycles. The predicted octanol–water partition coefficient (Wildman–Crippen LogP) is 3.77. The number of morpholine rings is 1. The highest BCUT2D eigenvalue weighted by molar-refractivity contribution is 14.0. The molecule has 2 saturated heterocycles. The summed E-state index contributed by atoms with van der Waals surface area (Å²) in [6.07, 6.45) is 5.46. The normalized spacial score (nSPS) is 18.5. The molecule has 0 amide bonds. The Kier molecular flexibility index (Phi) is 10.3. The summed E-state index contributed by atoms with van der Waals surface area (Å²) in [6, 6.07) is 9.56. The van der Waals surface area contributed by atoms with E-state index >= 15 is 0 Å². The number of hydrogen-bond acceptors (Lipinski definition) is 5. The Balaban J connectivity index is 0.00000306. The lowest BCUT2D eigenvalue weighted by Crippen LogP contribution is -2.44. The van der Waals surface area contributed by atoms with E-state index in [1.54, 1.807) is 19.4 Å². The van der Waals surface area contributed by atoms with Crippen molar-refractivity contribution >= 4 is 35.6 Å². The fourth-order valence-electron chi connectivity index (χ4n) is 4.44. The van der Waals surface area contributed by atoms with E-state index in [1.165, 1.54) is 19.3 Å². The van der Waals surface area contributed by atoms with E-state index in [4.69, 9.17) is 9.15 Å². The summed E-state index contributed by atoms with van der Waals surface area (Å²) < 4.78 is 25.8. The van der Waals surface area contributed by atoms with Gasteiger partial charge in [-0.05, 0) is 55.8 Å². The molecule has 2 N–H and O–H groups in total. The largest absolute Gasteiger partial charge is 0.468 e. The second-order valence-corrected chi connectivity index (χ2v) is 8.32. The summed E-state index contributed by atoms with van der Waals surface area (Å²) in [5.74, 6) is 1.46. The maximum absolute atomic E-state index is 14.7. The summed E-state index contributed by atoms with van der Waals surface area (Å²) in [5, 5.41) is 6.73. The number of hydrogen-bond donors (Lipinski definition) is 2. The Morgan fingerprint density at radius 2 is 1.88 bits per heavy atom. The number of ether oxygens (including phenoxy) is 1. The number of benzene rings is 1. The number of likely N-dealkylation sites (tertiary alicyclic amines) is 1. The molecule has 0 radical (unpaired) electrons. The van der Waals surface area contributed by atoms with Gasteiger partial charge in [0.25, 0.3) is 0 Å². The SMILES string of the molecule is CN=C(NCc1ccc(N2CCOCC2)c(F)c1)NCC(c1ccco1)N1CCCCC1.I. The first-order valence-corrected chi connectivity index (χ1v) is 11.6. The van der Waals surface area contributed by atoms with Crippen LogP contribution in [0.2, 0.25) is 0 Å². The van der Waals surface area contributed by atoms with Gasteiger partial charge in [0, 0.05) is 33.2 Å². The Bertz CT molecular complexity index is 868. The minimum Gasteiger partial charge on any atom is -0.468 e. The van der Waals surface area contributed by atoms with Gasteiger partial charge < -0.3 is 24.7 Å². The molecule has 1 unspecified atom stereocenters. The highest BCUT2D eigenvalue weighted by Crippen LogP contribution is 2.25. The summed E-state index contributed by atoms with van der Waals surface area (Å²) in [6.45, 7) is 6.06. The molecule has 0 bridgehead atoms. The van der Waals surface area contributed by atoms with Crippen LogP contribution >= 0.6 is 24.0 Å². The Hall–Kier alpha value is -1.85. The fourth-order valence-corrected chi connectivity index (χ4v) is 4.44. The van der Waals surface area contributed by atoms with E-state index in [0.29, 0.717) is 38.0 Å². The number of aliphatic imine (C=N–C) groups is 1. The molecule has 2 aromatic rings. The maximum atomic E-state index is 14.7. The zero-order valence-corrected chi connectivity index (χ0v) is 21.6. The van der Waals surface area contributed by atoms with E-state index in [1.807, 2.05) is 29.2 Å². The topological polar surface area (TPSA) is 65.3 Å². The van der Waals surface area contributed by atoms with E-state index in [0.717, 1.165) is 37.5 Å². The number of guanidine groups is 1. The number of nitrogens with zero attached hydrogens (tertiary/aromatic N) is 3. The lowest BCUT2D eigenvalue weighted by molar-refractivity contribution is 0.122. The van der Waals surface area contributed by atoms with E-state index in [9.17, 15) is 4.39 Å². The van der Waals surface area contributed by atoms with Crippen LogP contribution in [0.3, 0.4) is 0 Å². The average Bonchev–Trinajstić information content (AvgIpc) is 3.37. The van der Waals surface area contributed by atoms with Gasteiger partial charge in [-0.3, -0.25) is 9.89 Å². The van der Waals surface area contributed by atoms with Crippen molar-refractivity contribution in [3.05, 3.63) is 53.7 Å². The van der Waals surface area contributed by atoms with Gasteiger partial charge in [0.05, 0.1) is 31.2 Å². The number of halogens is 2. The lowest BCUT2D eigenvalue weighted by atomic mass is 10.1. The molecule has 182 valence electrons. The molecule has 1 aromatic heterocycles. The second-order valence-electron chi connectivity index (χ2n) is 8.32. The van der Waals surface area contributed by atoms with E-state index in [-0.39, 0.29) is 35.8 Å². The summed E-state index contributed by atoms with van der Waals surface area (Å²) in [4.78, 5) is 8.85. The Morgan fingerprint density at radius 1 is 1.09 bits per heavy atom. The van der Waals surface area contributed by atoms with Crippen molar-refractivity contribution in [2.75, 3.05) is 57.9 Å². The number of nitrogens with one attached hydrogen (secondary N) is 2. The van der Waals surface area contributed by atoms with Gasteiger partial charge in [0.2, 0.25) is 0 Å². The van der Waals surface area contributed by atoms with Crippen LogP contribution in [0.1, 0.15) is 36.6 Å². The molecular weight excluding hydrogens is 536 g/mol. The van der Waals surface area contributed by atoms with Gasteiger partial charge in [-0.25, -0.2) is 4.39 Å². The minimum atomic E-state index is -0.197. The van der Waals surface area contributed by atoms with Crippen LogP contribution in [0, 0.1) is 5.82 Å². The van der Waals surface area contributed by atoms with Gasteiger partial charge in [-0.2, -0.15) is 0 Å². The third-order valence-electron chi connectivity index (χ3n) is 6.21. The van der Waals surface area contributed by atoms with Crippen LogP contribution in [0.15, 0.2) is 46.0 Å². The summed E-state index contributed by atoms with van der Waals surface area (Å²) in [5.41, 5.74) is 1.52. The van der Waals surface area contributed by atoms with Crippen molar-refractivity contribution in [2.45, 2.75) is 31.8 Å². The van der Waals surface area contributed by atoms with Crippen LogP contribution in [-0.4, -0.2) is 63.8 Å². The van der Waals surface area contributed by atoms with E-state index in [2.05, 4.69) is 20.5 Å². The third kappa shape index (κ3) is 7.07. The zero-order chi connectivity index (χ0) is 22.2. The summed E-state index contributed by atoms with van der Waals surface area (Å²) in [7, 11) is 1.75. The Morgan fingerprint density at radius 3 is 2.55 bits per heavy atom. The highest BCUT2D eigenvalue weighted by atomic mass is 127. The monoisotopic (exact) mass is 571 g/mol. The molecule has 1 aromatic carbocycles. The van der Waals surface area contributed by atoms with Crippen LogP contribution in [0.5, 0.6) is 0 Å². The quantitative estimate of drug-likeness (QED) is 0.300. The summed E-state index contributed by atoms with van der Waals surface area (Å²) >= 11 is 0.